The van der Waals surface area contributed by atoms with Crippen LogP contribution in [-0.2, 0) is 23.6 Å². The summed E-state index contributed by atoms with van der Waals surface area (Å²) in [5.74, 6) is -0.466. The van der Waals surface area contributed by atoms with Crippen molar-refractivity contribution >= 4 is 15.7 Å². The molecule has 0 atom stereocenters. The zero-order chi connectivity index (χ0) is 15.8. The number of nitrogens with one attached hydrogen (secondary N) is 1. The van der Waals surface area contributed by atoms with Crippen molar-refractivity contribution in [3.63, 3.8) is 0 Å². The molecule has 0 aliphatic carbocycles. The van der Waals surface area contributed by atoms with Gasteiger partial charge in [-0.25, -0.2) is 12.8 Å². The average Bonchev–Trinajstić information content (AvgIpc) is 2.65. The third kappa shape index (κ3) is 2.91. The number of anilines is 1. The standard InChI is InChI=1S/C13H17FN4O2S/c1-8-13(9(2)18(3)16-8)21(19,20)17-12-5-4-11(14)6-10(12)7-15/h4-6,17H,7,15H2,1-3H3. The molecule has 0 radical (unpaired) electrons. The molecule has 1 aromatic carbocycles. The highest BCUT2D eigenvalue weighted by Crippen LogP contribution is 2.24. The van der Waals surface area contributed by atoms with Crippen LogP contribution in [0.1, 0.15) is 17.0 Å². The molecule has 0 spiro atoms. The van der Waals surface area contributed by atoms with Gasteiger partial charge in [0.15, 0.2) is 0 Å². The lowest BCUT2D eigenvalue weighted by molar-refractivity contribution is 0.599. The highest BCUT2D eigenvalue weighted by atomic mass is 32.2. The number of nitrogens with zero attached hydrogens (tertiary/aromatic N) is 2. The lowest BCUT2D eigenvalue weighted by Crippen LogP contribution is -2.17. The first-order valence-electron chi connectivity index (χ1n) is 6.27. The van der Waals surface area contributed by atoms with Crippen molar-refractivity contribution in [2.24, 2.45) is 12.8 Å². The van der Waals surface area contributed by atoms with E-state index in [2.05, 4.69) is 9.82 Å². The van der Waals surface area contributed by atoms with Gasteiger partial charge in [-0.05, 0) is 37.6 Å². The largest absolute Gasteiger partial charge is 0.326 e. The molecule has 0 saturated heterocycles. The Labute approximate surface area is 122 Å². The Kier molecular flexibility index (Phi) is 4.02. The average molecular weight is 312 g/mol. The first kappa shape index (κ1) is 15.5. The van der Waals surface area contributed by atoms with Crippen LogP contribution in [0.25, 0.3) is 0 Å². The fourth-order valence-corrected chi connectivity index (χ4v) is 3.71. The van der Waals surface area contributed by atoms with Crippen LogP contribution in [0.4, 0.5) is 10.1 Å². The SMILES string of the molecule is Cc1nn(C)c(C)c1S(=O)(=O)Nc1ccc(F)cc1CN. The van der Waals surface area contributed by atoms with Gasteiger partial charge in [0.25, 0.3) is 10.0 Å². The molecule has 0 aliphatic heterocycles. The van der Waals surface area contributed by atoms with Crippen molar-refractivity contribution in [3.05, 3.63) is 41.0 Å². The Morgan fingerprint density at radius 3 is 2.57 bits per heavy atom. The molecule has 21 heavy (non-hydrogen) atoms. The maximum absolute atomic E-state index is 13.2. The summed E-state index contributed by atoms with van der Waals surface area (Å²) in [5, 5.41) is 4.09. The second-order valence-electron chi connectivity index (χ2n) is 4.73. The molecule has 0 aliphatic rings. The third-order valence-electron chi connectivity index (χ3n) is 3.24. The first-order chi connectivity index (χ1) is 9.76. The predicted molar refractivity (Wildman–Crippen MR) is 77.8 cm³/mol. The van der Waals surface area contributed by atoms with E-state index in [0.717, 1.165) is 0 Å². The number of benzene rings is 1. The highest BCUT2D eigenvalue weighted by molar-refractivity contribution is 7.92. The van der Waals surface area contributed by atoms with Crippen molar-refractivity contribution in [2.45, 2.75) is 25.3 Å². The van der Waals surface area contributed by atoms with E-state index in [0.29, 0.717) is 17.0 Å². The Morgan fingerprint density at radius 1 is 1.38 bits per heavy atom. The second kappa shape index (κ2) is 5.45. The molecule has 0 saturated carbocycles. The van der Waals surface area contributed by atoms with Crippen LogP contribution in [0.15, 0.2) is 23.1 Å². The molecule has 6 nitrogen and oxygen atoms in total. The minimum absolute atomic E-state index is 0.0284. The maximum atomic E-state index is 13.2. The van der Waals surface area contributed by atoms with Gasteiger partial charge in [-0.2, -0.15) is 5.10 Å². The van der Waals surface area contributed by atoms with E-state index < -0.39 is 15.8 Å². The number of hydrogen-bond acceptors (Lipinski definition) is 4. The van der Waals surface area contributed by atoms with Gasteiger partial charge < -0.3 is 5.73 Å². The Balaban J connectivity index is 2.47. The number of aromatic nitrogens is 2. The van der Waals surface area contributed by atoms with Crippen molar-refractivity contribution in [3.8, 4) is 0 Å². The first-order valence-corrected chi connectivity index (χ1v) is 7.76. The van der Waals surface area contributed by atoms with E-state index in [9.17, 15) is 12.8 Å². The normalized spacial score (nSPS) is 11.7. The summed E-state index contributed by atoms with van der Waals surface area (Å²) in [7, 11) is -2.14. The molecule has 0 amide bonds. The summed E-state index contributed by atoms with van der Waals surface area (Å²) >= 11 is 0. The molecule has 8 heteroatoms. The number of rotatable bonds is 4. The molecule has 3 N–H and O–H groups in total. The fraction of sp³-hybridized carbons (Fsp3) is 0.308. The molecule has 1 aromatic heterocycles. The summed E-state index contributed by atoms with van der Waals surface area (Å²) in [6.45, 7) is 3.32. The van der Waals surface area contributed by atoms with Gasteiger partial charge in [0, 0.05) is 13.6 Å². The van der Waals surface area contributed by atoms with Gasteiger partial charge in [0.1, 0.15) is 10.7 Å². The van der Waals surface area contributed by atoms with E-state index in [1.807, 2.05) is 0 Å². The zero-order valence-corrected chi connectivity index (χ0v) is 12.8. The lowest BCUT2D eigenvalue weighted by Gasteiger charge is -2.12. The minimum atomic E-state index is -3.81. The van der Waals surface area contributed by atoms with Crippen LogP contribution in [0.5, 0.6) is 0 Å². The number of sulfonamides is 1. The van der Waals surface area contributed by atoms with Gasteiger partial charge in [-0.15, -0.1) is 0 Å². The number of hydrogen-bond donors (Lipinski definition) is 2. The van der Waals surface area contributed by atoms with Crippen molar-refractivity contribution < 1.29 is 12.8 Å². The summed E-state index contributed by atoms with van der Waals surface area (Å²) in [5.41, 5.74) is 7.10. The minimum Gasteiger partial charge on any atom is -0.326 e. The summed E-state index contributed by atoms with van der Waals surface area (Å²) < 4.78 is 42.1. The summed E-state index contributed by atoms with van der Waals surface area (Å²) in [4.78, 5) is 0.122. The smallest absolute Gasteiger partial charge is 0.265 e. The highest BCUT2D eigenvalue weighted by Gasteiger charge is 2.24. The van der Waals surface area contributed by atoms with Crippen LogP contribution in [0.2, 0.25) is 0 Å². The van der Waals surface area contributed by atoms with E-state index >= 15 is 0 Å². The molecular weight excluding hydrogens is 295 g/mol. The van der Waals surface area contributed by atoms with Crippen molar-refractivity contribution in [1.82, 2.24) is 9.78 Å². The van der Waals surface area contributed by atoms with Crippen LogP contribution in [-0.4, -0.2) is 18.2 Å². The van der Waals surface area contributed by atoms with Gasteiger partial charge in [0.2, 0.25) is 0 Å². The molecule has 114 valence electrons. The zero-order valence-electron chi connectivity index (χ0n) is 12.0. The Bertz CT molecular complexity index is 784. The van der Waals surface area contributed by atoms with Crippen LogP contribution in [0, 0.1) is 19.7 Å². The molecule has 0 unspecified atom stereocenters. The maximum Gasteiger partial charge on any atom is 0.265 e. The van der Waals surface area contributed by atoms with E-state index in [1.54, 1.807) is 20.9 Å². The van der Waals surface area contributed by atoms with Gasteiger partial charge >= 0.3 is 0 Å². The predicted octanol–water partition coefficient (Wildman–Crippen LogP) is 1.44. The van der Waals surface area contributed by atoms with E-state index in [1.165, 1.54) is 22.9 Å². The molecule has 1 heterocycles. The van der Waals surface area contributed by atoms with Gasteiger partial charge in [0.05, 0.1) is 17.1 Å². The molecule has 2 aromatic rings. The van der Waals surface area contributed by atoms with Crippen LogP contribution < -0.4 is 10.5 Å². The molecule has 0 bridgehead atoms. The summed E-state index contributed by atoms with van der Waals surface area (Å²) in [6, 6.07) is 3.75. The van der Waals surface area contributed by atoms with Crippen molar-refractivity contribution in [2.75, 3.05) is 4.72 Å². The Hall–Kier alpha value is -1.93. The Morgan fingerprint density at radius 2 is 2.05 bits per heavy atom. The quantitative estimate of drug-likeness (QED) is 0.894. The van der Waals surface area contributed by atoms with Gasteiger partial charge in [-0.1, -0.05) is 0 Å². The fourth-order valence-electron chi connectivity index (χ4n) is 2.17. The number of nitrogens with two attached hydrogens (primary N) is 1. The summed E-state index contributed by atoms with van der Waals surface area (Å²) in [6.07, 6.45) is 0. The van der Waals surface area contributed by atoms with Crippen LogP contribution >= 0.6 is 0 Å². The van der Waals surface area contributed by atoms with Gasteiger partial charge in [-0.3, -0.25) is 9.40 Å². The van der Waals surface area contributed by atoms with Crippen LogP contribution in [0.3, 0.4) is 0 Å². The van der Waals surface area contributed by atoms with E-state index in [-0.39, 0.29) is 17.1 Å². The molecule has 0 fully saturated rings. The monoisotopic (exact) mass is 312 g/mol. The topological polar surface area (TPSA) is 90.0 Å². The second-order valence-corrected chi connectivity index (χ2v) is 6.35. The number of halogens is 1. The third-order valence-corrected chi connectivity index (χ3v) is 4.86. The molecule has 2 rings (SSSR count). The van der Waals surface area contributed by atoms with Crippen molar-refractivity contribution in [1.29, 1.82) is 0 Å². The lowest BCUT2D eigenvalue weighted by atomic mass is 10.2. The number of aryl methyl sites for hydroxylation is 2. The van der Waals surface area contributed by atoms with E-state index in [4.69, 9.17) is 5.73 Å². The molecular formula is C13H17FN4O2S.